The highest BCUT2D eigenvalue weighted by atomic mass is 32.2. The Kier molecular flexibility index (Phi) is 2.96. The molecule has 0 spiro atoms. The van der Waals surface area contributed by atoms with Crippen LogP contribution in [0, 0.1) is 0 Å². The second-order valence-electron chi connectivity index (χ2n) is 3.95. The number of thiophene rings is 1. The molecule has 0 unspecified atom stereocenters. The van der Waals surface area contributed by atoms with Gasteiger partial charge in [0.2, 0.25) is 0 Å². The molecule has 0 saturated carbocycles. The van der Waals surface area contributed by atoms with Gasteiger partial charge in [0.05, 0.1) is 17.4 Å². The first-order valence-corrected chi connectivity index (χ1v) is 7.92. The van der Waals surface area contributed by atoms with Crippen molar-refractivity contribution in [2.45, 2.75) is 4.21 Å². The van der Waals surface area contributed by atoms with E-state index in [0.29, 0.717) is 9.90 Å². The van der Waals surface area contributed by atoms with Crippen molar-refractivity contribution >= 4 is 38.0 Å². The van der Waals surface area contributed by atoms with Gasteiger partial charge >= 0.3 is 0 Å². The van der Waals surface area contributed by atoms with Gasteiger partial charge in [0.25, 0.3) is 10.0 Å². The first-order valence-electron chi connectivity index (χ1n) is 5.56. The predicted octanol–water partition coefficient (Wildman–Crippen LogP) is 3.10. The lowest BCUT2D eigenvalue weighted by Crippen LogP contribution is -2.11. The summed E-state index contributed by atoms with van der Waals surface area (Å²) in [6.45, 7) is 0. The van der Waals surface area contributed by atoms with Crippen LogP contribution < -0.4 is 4.72 Å². The largest absolute Gasteiger partial charge is 0.277 e. The van der Waals surface area contributed by atoms with Crippen LogP contribution in [0.25, 0.3) is 10.9 Å². The van der Waals surface area contributed by atoms with E-state index < -0.39 is 10.0 Å². The van der Waals surface area contributed by atoms with Gasteiger partial charge in [-0.05, 0) is 23.6 Å². The molecule has 2 aromatic heterocycles. The predicted molar refractivity (Wildman–Crippen MR) is 76.9 cm³/mol. The van der Waals surface area contributed by atoms with Crippen LogP contribution in [0.1, 0.15) is 0 Å². The van der Waals surface area contributed by atoms with Crippen molar-refractivity contribution in [2.75, 3.05) is 4.72 Å². The van der Waals surface area contributed by atoms with Crippen molar-refractivity contribution < 1.29 is 8.42 Å². The van der Waals surface area contributed by atoms with E-state index in [2.05, 4.69) is 9.71 Å². The smallest absolute Gasteiger partial charge is 0.271 e. The number of nitrogens with zero attached hydrogens (tertiary/aromatic N) is 1. The third-order valence-electron chi connectivity index (χ3n) is 2.60. The minimum Gasteiger partial charge on any atom is -0.277 e. The van der Waals surface area contributed by atoms with Gasteiger partial charge in [0.15, 0.2) is 0 Å². The molecule has 6 heteroatoms. The molecular formula is C13H10N2O2S2. The third-order valence-corrected chi connectivity index (χ3v) is 5.38. The van der Waals surface area contributed by atoms with Gasteiger partial charge in [-0.2, -0.15) is 0 Å². The zero-order chi connectivity index (χ0) is 13.3. The third kappa shape index (κ3) is 2.45. The number of aromatic nitrogens is 1. The van der Waals surface area contributed by atoms with E-state index in [4.69, 9.17) is 0 Å². The van der Waals surface area contributed by atoms with Crippen LogP contribution in [-0.2, 0) is 10.0 Å². The Labute approximate surface area is 114 Å². The number of anilines is 1. The highest BCUT2D eigenvalue weighted by Gasteiger charge is 2.15. The topological polar surface area (TPSA) is 59.1 Å². The zero-order valence-corrected chi connectivity index (χ0v) is 11.4. The van der Waals surface area contributed by atoms with Crippen molar-refractivity contribution in [1.29, 1.82) is 0 Å². The van der Waals surface area contributed by atoms with Crippen molar-refractivity contribution in [2.24, 2.45) is 0 Å². The van der Waals surface area contributed by atoms with Gasteiger partial charge in [-0.15, -0.1) is 11.3 Å². The van der Waals surface area contributed by atoms with Crippen LogP contribution in [0.5, 0.6) is 0 Å². The zero-order valence-electron chi connectivity index (χ0n) is 9.78. The molecule has 3 rings (SSSR count). The summed E-state index contributed by atoms with van der Waals surface area (Å²) in [4.78, 5) is 4.22. The molecular weight excluding hydrogens is 280 g/mol. The summed E-state index contributed by atoms with van der Waals surface area (Å²) in [5, 5.41) is 2.63. The molecule has 2 heterocycles. The van der Waals surface area contributed by atoms with E-state index >= 15 is 0 Å². The first-order chi connectivity index (χ1) is 9.15. The fourth-order valence-corrected chi connectivity index (χ4v) is 3.78. The van der Waals surface area contributed by atoms with Crippen LogP contribution in [0.2, 0.25) is 0 Å². The average molecular weight is 290 g/mol. The Balaban J connectivity index is 1.98. The molecule has 0 atom stereocenters. The van der Waals surface area contributed by atoms with E-state index in [1.54, 1.807) is 23.6 Å². The molecule has 3 aromatic rings. The van der Waals surface area contributed by atoms with E-state index in [1.165, 1.54) is 17.5 Å². The van der Waals surface area contributed by atoms with E-state index in [9.17, 15) is 8.42 Å². The molecule has 96 valence electrons. The molecule has 0 saturated heterocycles. The van der Waals surface area contributed by atoms with Gasteiger partial charge in [0, 0.05) is 5.39 Å². The summed E-state index contributed by atoms with van der Waals surface area (Å²) in [5.74, 6) is 0. The summed E-state index contributed by atoms with van der Waals surface area (Å²) in [6, 6.07) is 12.6. The maximum atomic E-state index is 12.1. The van der Waals surface area contributed by atoms with E-state index in [1.807, 2.05) is 24.3 Å². The first kappa shape index (κ1) is 12.1. The van der Waals surface area contributed by atoms with Crippen molar-refractivity contribution in [3.05, 3.63) is 54.0 Å². The Morgan fingerprint density at radius 2 is 1.95 bits per heavy atom. The number of hydrogen-bond acceptors (Lipinski definition) is 4. The van der Waals surface area contributed by atoms with E-state index in [-0.39, 0.29) is 0 Å². The molecule has 0 aliphatic heterocycles. The Morgan fingerprint density at radius 3 is 2.74 bits per heavy atom. The molecule has 0 aliphatic rings. The number of hydrogen-bond donors (Lipinski definition) is 1. The highest BCUT2D eigenvalue weighted by Crippen LogP contribution is 2.22. The monoisotopic (exact) mass is 290 g/mol. The Bertz CT molecular complexity index is 812. The fourth-order valence-electron chi connectivity index (χ4n) is 1.75. The molecule has 0 aliphatic carbocycles. The minimum absolute atomic E-state index is 0.292. The standard InChI is InChI=1S/C13H10N2O2S2/c16-19(17,13-6-3-7-18-13)15-11-8-10-4-1-2-5-12(10)14-9-11/h1-9,15H. The fraction of sp³-hybridized carbons (Fsp3) is 0. The lowest BCUT2D eigenvalue weighted by Gasteiger charge is -2.06. The minimum atomic E-state index is -3.51. The van der Waals surface area contributed by atoms with Crippen molar-refractivity contribution in [1.82, 2.24) is 4.98 Å². The highest BCUT2D eigenvalue weighted by molar-refractivity contribution is 7.94. The number of para-hydroxylation sites is 1. The summed E-state index contributed by atoms with van der Waals surface area (Å²) in [5.41, 5.74) is 1.30. The second kappa shape index (κ2) is 4.64. The molecule has 0 fully saturated rings. The second-order valence-corrected chi connectivity index (χ2v) is 6.81. The van der Waals surface area contributed by atoms with Crippen molar-refractivity contribution in [3.8, 4) is 0 Å². The molecule has 0 radical (unpaired) electrons. The van der Waals surface area contributed by atoms with Crippen LogP contribution >= 0.6 is 11.3 Å². The SMILES string of the molecule is O=S(=O)(Nc1cnc2ccccc2c1)c1cccs1. The van der Waals surface area contributed by atoms with Gasteiger partial charge in [-0.1, -0.05) is 24.3 Å². The number of fused-ring (bicyclic) bond motifs is 1. The Morgan fingerprint density at radius 1 is 1.11 bits per heavy atom. The molecule has 1 aromatic carbocycles. The van der Waals surface area contributed by atoms with Gasteiger partial charge in [0.1, 0.15) is 4.21 Å². The summed E-state index contributed by atoms with van der Waals surface area (Å²) < 4.78 is 27.0. The maximum absolute atomic E-state index is 12.1. The summed E-state index contributed by atoms with van der Waals surface area (Å²) >= 11 is 1.18. The normalized spacial score (nSPS) is 11.6. The molecule has 4 nitrogen and oxygen atoms in total. The summed E-state index contributed by atoms with van der Waals surface area (Å²) in [6.07, 6.45) is 1.52. The van der Waals surface area contributed by atoms with Crippen LogP contribution in [-0.4, -0.2) is 13.4 Å². The summed E-state index contributed by atoms with van der Waals surface area (Å²) in [7, 11) is -3.51. The number of sulfonamides is 1. The van der Waals surface area contributed by atoms with Gasteiger partial charge < -0.3 is 0 Å². The number of pyridine rings is 1. The van der Waals surface area contributed by atoms with Gasteiger partial charge in [-0.3, -0.25) is 9.71 Å². The molecule has 1 N–H and O–H groups in total. The Hall–Kier alpha value is -1.92. The molecule has 19 heavy (non-hydrogen) atoms. The lowest BCUT2D eigenvalue weighted by molar-refractivity contribution is 0.603. The van der Waals surface area contributed by atoms with Crippen molar-refractivity contribution in [3.63, 3.8) is 0 Å². The number of benzene rings is 1. The van der Waals surface area contributed by atoms with Crippen LogP contribution in [0.15, 0.2) is 58.3 Å². The molecule has 0 amide bonds. The van der Waals surface area contributed by atoms with Crippen LogP contribution in [0.4, 0.5) is 5.69 Å². The van der Waals surface area contributed by atoms with E-state index in [0.717, 1.165) is 10.9 Å². The lowest BCUT2D eigenvalue weighted by atomic mass is 10.2. The van der Waals surface area contributed by atoms with Gasteiger partial charge in [-0.25, -0.2) is 8.42 Å². The molecule has 0 bridgehead atoms. The quantitative estimate of drug-likeness (QED) is 0.806. The number of rotatable bonds is 3. The average Bonchev–Trinajstić information content (AvgIpc) is 2.93. The van der Waals surface area contributed by atoms with Crippen LogP contribution in [0.3, 0.4) is 0 Å². The number of nitrogens with one attached hydrogen (secondary N) is 1. The maximum Gasteiger partial charge on any atom is 0.271 e.